The second-order valence-electron chi connectivity index (χ2n) is 5.48. The summed E-state index contributed by atoms with van der Waals surface area (Å²) >= 11 is 1.54. The zero-order valence-electron chi connectivity index (χ0n) is 13.3. The number of nitrogens with one attached hydrogen (secondary N) is 1. The fourth-order valence-corrected chi connectivity index (χ4v) is 3.32. The van der Waals surface area contributed by atoms with Gasteiger partial charge in [0.1, 0.15) is 5.82 Å². The number of hydrogen-bond donors (Lipinski definition) is 1. The van der Waals surface area contributed by atoms with Gasteiger partial charge < -0.3 is 10.1 Å². The normalized spacial score (nSPS) is 15.9. The van der Waals surface area contributed by atoms with E-state index >= 15 is 0 Å². The van der Waals surface area contributed by atoms with E-state index in [4.69, 9.17) is 4.74 Å². The van der Waals surface area contributed by atoms with Gasteiger partial charge in [-0.05, 0) is 35.9 Å². The lowest BCUT2D eigenvalue weighted by Gasteiger charge is -2.24. The number of carbonyl (C=O) groups excluding carboxylic acids is 2. The molecule has 4 nitrogen and oxygen atoms in total. The van der Waals surface area contributed by atoms with Crippen LogP contribution in [0.5, 0.6) is 0 Å². The standard InChI is InChI=1S/C19H16FNO3S/c1-2-9-25-17-6-4-3-5-15(17)21-18(22)16-11-12-10-13(20)7-8-14(12)19(23)24-16/h2-8,10,16H,1,9,11H2,(H,21,22). The Hall–Kier alpha value is -2.60. The summed E-state index contributed by atoms with van der Waals surface area (Å²) in [6.07, 6.45) is 0.934. The first-order valence-corrected chi connectivity index (χ1v) is 8.70. The number of halogens is 1. The smallest absolute Gasteiger partial charge is 0.339 e. The summed E-state index contributed by atoms with van der Waals surface area (Å²) in [6.45, 7) is 3.68. The van der Waals surface area contributed by atoms with Crippen LogP contribution in [0.3, 0.4) is 0 Å². The zero-order valence-corrected chi connectivity index (χ0v) is 14.1. The topological polar surface area (TPSA) is 55.4 Å². The molecule has 1 aliphatic rings. The van der Waals surface area contributed by atoms with Gasteiger partial charge in [-0.15, -0.1) is 18.3 Å². The first-order valence-electron chi connectivity index (χ1n) is 7.71. The summed E-state index contributed by atoms with van der Waals surface area (Å²) in [5.74, 6) is -0.790. The van der Waals surface area contributed by atoms with Crippen molar-refractivity contribution in [3.63, 3.8) is 0 Å². The molecule has 1 N–H and O–H groups in total. The van der Waals surface area contributed by atoms with Crippen LogP contribution in [-0.4, -0.2) is 23.7 Å². The van der Waals surface area contributed by atoms with Crippen LogP contribution in [0.4, 0.5) is 10.1 Å². The van der Waals surface area contributed by atoms with E-state index in [1.807, 2.05) is 18.2 Å². The maximum atomic E-state index is 13.4. The summed E-state index contributed by atoms with van der Waals surface area (Å²) in [4.78, 5) is 25.4. The van der Waals surface area contributed by atoms with E-state index in [0.717, 1.165) is 4.90 Å². The Bertz CT molecular complexity index is 837. The number of amides is 1. The minimum atomic E-state index is -0.987. The summed E-state index contributed by atoms with van der Waals surface area (Å²) in [7, 11) is 0. The highest BCUT2D eigenvalue weighted by Crippen LogP contribution is 2.28. The molecule has 2 aromatic carbocycles. The molecule has 0 spiro atoms. The average Bonchev–Trinajstić information content (AvgIpc) is 2.60. The zero-order chi connectivity index (χ0) is 17.8. The first-order chi connectivity index (χ1) is 12.1. The highest BCUT2D eigenvalue weighted by molar-refractivity contribution is 7.99. The monoisotopic (exact) mass is 357 g/mol. The molecule has 0 saturated carbocycles. The Morgan fingerprint density at radius 3 is 2.96 bits per heavy atom. The number of esters is 1. The minimum Gasteiger partial charge on any atom is -0.448 e. The van der Waals surface area contributed by atoms with Crippen molar-refractivity contribution in [3.05, 3.63) is 72.1 Å². The maximum Gasteiger partial charge on any atom is 0.339 e. The predicted molar refractivity (Wildman–Crippen MR) is 95.3 cm³/mol. The van der Waals surface area contributed by atoms with Crippen molar-refractivity contribution in [2.45, 2.75) is 17.4 Å². The molecule has 1 amide bonds. The third-order valence-corrected chi connectivity index (χ3v) is 4.81. The summed E-state index contributed by atoms with van der Waals surface area (Å²) < 4.78 is 18.6. The molecule has 1 unspecified atom stereocenters. The van der Waals surface area contributed by atoms with E-state index in [9.17, 15) is 14.0 Å². The highest BCUT2D eigenvalue weighted by atomic mass is 32.2. The van der Waals surface area contributed by atoms with E-state index in [2.05, 4.69) is 11.9 Å². The van der Waals surface area contributed by atoms with Crippen molar-refractivity contribution in [2.24, 2.45) is 0 Å². The van der Waals surface area contributed by atoms with Gasteiger partial charge in [0.15, 0.2) is 6.10 Å². The fraction of sp³-hybridized carbons (Fsp3) is 0.158. The number of benzene rings is 2. The fourth-order valence-electron chi connectivity index (χ4n) is 2.57. The molecule has 2 aromatic rings. The SMILES string of the molecule is C=CCSc1ccccc1NC(=O)C1Cc2cc(F)ccc2C(=O)O1. The van der Waals surface area contributed by atoms with Crippen molar-refractivity contribution in [1.82, 2.24) is 0 Å². The quantitative estimate of drug-likeness (QED) is 0.502. The number of carbonyl (C=O) groups is 2. The van der Waals surface area contributed by atoms with Crippen LogP contribution in [0.1, 0.15) is 15.9 Å². The molecular formula is C19H16FNO3S. The van der Waals surface area contributed by atoms with Gasteiger partial charge in [-0.3, -0.25) is 4.79 Å². The Morgan fingerprint density at radius 2 is 2.16 bits per heavy atom. The molecule has 1 atom stereocenters. The first kappa shape index (κ1) is 17.2. The summed E-state index contributed by atoms with van der Waals surface area (Å²) in [5, 5.41) is 2.79. The summed E-state index contributed by atoms with van der Waals surface area (Å²) in [5.41, 5.74) is 1.42. The molecule has 0 aromatic heterocycles. The van der Waals surface area contributed by atoms with Crippen LogP contribution in [0, 0.1) is 5.82 Å². The lowest BCUT2D eigenvalue weighted by molar-refractivity contribution is -0.125. The molecule has 3 rings (SSSR count). The van der Waals surface area contributed by atoms with E-state index in [-0.39, 0.29) is 6.42 Å². The average molecular weight is 357 g/mol. The molecule has 1 aliphatic heterocycles. The molecule has 0 radical (unpaired) electrons. The minimum absolute atomic E-state index is 0.145. The van der Waals surface area contributed by atoms with E-state index < -0.39 is 23.8 Å². The Labute approximate surface area is 149 Å². The van der Waals surface area contributed by atoms with Crippen LogP contribution < -0.4 is 5.32 Å². The number of fused-ring (bicyclic) bond motifs is 1. The van der Waals surface area contributed by atoms with Crippen LogP contribution in [0.2, 0.25) is 0 Å². The molecular weight excluding hydrogens is 341 g/mol. The van der Waals surface area contributed by atoms with Gasteiger partial charge in [0.2, 0.25) is 0 Å². The Balaban J connectivity index is 1.77. The van der Waals surface area contributed by atoms with Gasteiger partial charge in [0.05, 0.1) is 11.3 Å². The molecule has 128 valence electrons. The largest absolute Gasteiger partial charge is 0.448 e. The van der Waals surface area contributed by atoms with Crippen LogP contribution >= 0.6 is 11.8 Å². The predicted octanol–water partition coefficient (Wildman–Crippen LogP) is 3.82. The number of rotatable bonds is 5. The number of thioether (sulfide) groups is 1. The molecule has 0 aliphatic carbocycles. The number of anilines is 1. The van der Waals surface area contributed by atoms with Crippen molar-refractivity contribution < 1.29 is 18.7 Å². The Morgan fingerprint density at radius 1 is 1.36 bits per heavy atom. The van der Waals surface area contributed by atoms with Crippen molar-refractivity contribution >= 4 is 29.3 Å². The maximum absolute atomic E-state index is 13.4. The van der Waals surface area contributed by atoms with Crippen LogP contribution in [0.15, 0.2) is 60.0 Å². The van der Waals surface area contributed by atoms with E-state index in [0.29, 0.717) is 22.6 Å². The third-order valence-electron chi connectivity index (χ3n) is 3.74. The van der Waals surface area contributed by atoms with Gasteiger partial charge >= 0.3 is 5.97 Å². The number of para-hydroxylation sites is 1. The third kappa shape index (κ3) is 3.91. The summed E-state index contributed by atoms with van der Waals surface area (Å²) in [6, 6.07) is 11.2. The van der Waals surface area contributed by atoms with Crippen LogP contribution in [0.25, 0.3) is 0 Å². The Kier molecular flexibility index (Phi) is 5.19. The van der Waals surface area contributed by atoms with E-state index in [1.54, 1.807) is 12.1 Å². The molecule has 6 heteroatoms. The van der Waals surface area contributed by atoms with Crippen molar-refractivity contribution in [3.8, 4) is 0 Å². The molecule has 0 bridgehead atoms. The van der Waals surface area contributed by atoms with E-state index in [1.165, 1.54) is 30.0 Å². The highest BCUT2D eigenvalue weighted by Gasteiger charge is 2.31. The van der Waals surface area contributed by atoms with Gasteiger partial charge in [0, 0.05) is 17.1 Å². The van der Waals surface area contributed by atoms with Crippen molar-refractivity contribution in [1.29, 1.82) is 0 Å². The number of cyclic esters (lactones) is 1. The molecule has 1 heterocycles. The molecule has 0 saturated heterocycles. The molecule has 0 fully saturated rings. The number of ether oxygens (including phenoxy) is 1. The lowest BCUT2D eigenvalue weighted by atomic mass is 9.98. The molecule has 25 heavy (non-hydrogen) atoms. The van der Waals surface area contributed by atoms with Gasteiger partial charge in [-0.2, -0.15) is 0 Å². The van der Waals surface area contributed by atoms with Crippen LogP contribution in [-0.2, 0) is 16.0 Å². The number of hydrogen-bond acceptors (Lipinski definition) is 4. The lowest BCUT2D eigenvalue weighted by Crippen LogP contribution is -2.38. The van der Waals surface area contributed by atoms with Gasteiger partial charge in [-0.25, -0.2) is 9.18 Å². The van der Waals surface area contributed by atoms with Gasteiger partial charge in [0.25, 0.3) is 5.91 Å². The van der Waals surface area contributed by atoms with Gasteiger partial charge in [-0.1, -0.05) is 18.2 Å². The van der Waals surface area contributed by atoms with Crippen molar-refractivity contribution in [2.75, 3.05) is 11.1 Å². The second-order valence-corrected chi connectivity index (χ2v) is 6.55. The second kappa shape index (κ2) is 7.53.